The molecule has 2 aliphatic rings. The fourth-order valence-electron chi connectivity index (χ4n) is 3.36. The van der Waals surface area contributed by atoms with Crippen molar-refractivity contribution in [3.8, 4) is 10.6 Å². The molecule has 0 atom stereocenters. The van der Waals surface area contributed by atoms with E-state index >= 15 is 0 Å². The van der Waals surface area contributed by atoms with Crippen LogP contribution in [-0.4, -0.2) is 38.3 Å². The summed E-state index contributed by atoms with van der Waals surface area (Å²) in [6.07, 6.45) is 7.97. The molecule has 1 fully saturated rings. The summed E-state index contributed by atoms with van der Waals surface area (Å²) in [6.45, 7) is 2.06. The first-order chi connectivity index (χ1) is 11.7. The number of thiazole rings is 1. The third kappa shape index (κ3) is 1.96. The minimum absolute atomic E-state index is 0.319. The van der Waals surface area contributed by atoms with Crippen molar-refractivity contribution in [2.75, 3.05) is 18.0 Å². The minimum Gasteiger partial charge on any atom is -0.364 e. The Morgan fingerprint density at radius 1 is 1.21 bits per heavy atom. The van der Waals surface area contributed by atoms with Crippen molar-refractivity contribution in [2.45, 2.75) is 25.7 Å². The van der Waals surface area contributed by atoms with Crippen molar-refractivity contribution in [3.05, 3.63) is 29.5 Å². The lowest BCUT2D eigenvalue weighted by Crippen LogP contribution is -2.38. The van der Waals surface area contributed by atoms with Gasteiger partial charge in [0, 0.05) is 30.5 Å². The van der Waals surface area contributed by atoms with Gasteiger partial charge >= 0.3 is 0 Å². The molecule has 5 rings (SSSR count). The van der Waals surface area contributed by atoms with E-state index in [0.717, 1.165) is 53.7 Å². The number of fused-ring (bicyclic) bond motifs is 2. The number of nitrogens with two attached hydrogens (primary N) is 1. The van der Waals surface area contributed by atoms with Crippen molar-refractivity contribution >= 4 is 28.0 Å². The van der Waals surface area contributed by atoms with Gasteiger partial charge in [-0.05, 0) is 25.7 Å². The zero-order valence-electron chi connectivity index (χ0n) is 13.0. The number of imidazole rings is 1. The Balaban J connectivity index is 1.68. The summed E-state index contributed by atoms with van der Waals surface area (Å²) in [5.74, 6) is 0.336. The molecule has 24 heavy (non-hydrogen) atoms. The van der Waals surface area contributed by atoms with Crippen molar-refractivity contribution in [2.24, 2.45) is 5.73 Å². The topological polar surface area (TPSA) is 89.4 Å². The van der Waals surface area contributed by atoms with Gasteiger partial charge in [0.25, 0.3) is 5.91 Å². The van der Waals surface area contributed by atoms with Crippen LogP contribution in [0.2, 0.25) is 0 Å². The molecule has 1 aliphatic carbocycles. The molecule has 0 bridgehead atoms. The number of carbonyl (C=O) groups excluding carboxylic acids is 1. The number of carbonyl (C=O) groups is 1. The molecule has 8 heteroatoms. The van der Waals surface area contributed by atoms with Gasteiger partial charge in [-0.25, -0.2) is 15.0 Å². The number of hydrogen-bond acceptors (Lipinski definition) is 6. The zero-order chi connectivity index (χ0) is 16.3. The first-order valence-corrected chi connectivity index (χ1v) is 8.94. The normalized spacial score (nSPS) is 16.4. The Morgan fingerprint density at radius 2 is 2.08 bits per heavy atom. The number of primary amides is 1. The van der Waals surface area contributed by atoms with Crippen LogP contribution in [0.3, 0.4) is 0 Å². The van der Waals surface area contributed by atoms with Gasteiger partial charge in [0.2, 0.25) is 5.95 Å². The Kier molecular flexibility index (Phi) is 2.90. The van der Waals surface area contributed by atoms with Crippen LogP contribution in [0.25, 0.3) is 15.4 Å². The molecule has 1 amide bonds. The standard InChI is InChI=1S/C16H16N6OS/c17-14(23)13-15-22(8-18-13)7-11(24-15)12-9-3-1-4-10(9)19-16(20-12)21-5-2-6-21/h7-8H,1-6H2,(H2,17,23). The van der Waals surface area contributed by atoms with Gasteiger partial charge in [-0.3, -0.25) is 9.20 Å². The van der Waals surface area contributed by atoms with Crippen LogP contribution in [0.5, 0.6) is 0 Å². The summed E-state index contributed by atoms with van der Waals surface area (Å²) >= 11 is 1.51. The van der Waals surface area contributed by atoms with Crippen LogP contribution in [0.1, 0.15) is 34.6 Å². The second-order valence-electron chi connectivity index (χ2n) is 6.26. The highest BCUT2D eigenvalue weighted by Gasteiger charge is 2.26. The van der Waals surface area contributed by atoms with E-state index in [1.807, 2.05) is 10.6 Å². The van der Waals surface area contributed by atoms with E-state index in [1.54, 1.807) is 6.33 Å². The van der Waals surface area contributed by atoms with E-state index in [1.165, 1.54) is 29.0 Å². The lowest BCUT2D eigenvalue weighted by molar-refractivity contribution is 0.0998. The summed E-state index contributed by atoms with van der Waals surface area (Å²) in [5.41, 5.74) is 9.16. The molecular weight excluding hydrogens is 324 g/mol. The maximum Gasteiger partial charge on any atom is 0.270 e. The van der Waals surface area contributed by atoms with Crippen molar-refractivity contribution in [1.82, 2.24) is 19.4 Å². The molecule has 0 spiro atoms. The van der Waals surface area contributed by atoms with Gasteiger partial charge in [-0.15, -0.1) is 11.3 Å². The molecule has 1 saturated heterocycles. The summed E-state index contributed by atoms with van der Waals surface area (Å²) < 4.78 is 1.85. The van der Waals surface area contributed by atoms with Gasteiger partial charge < -0.3 is 10.6 Å². The largest absolute Gasteiger partial charge is 0.364 e. The van der Waals surface area contributed by atoms with Crippen molar-refractivity contribution in [1.29, 1.82) is 0 Å². The number of amides is 1. The maximum atomic E-state index is 11.5. The van der Waals surface area contributed by atoms with Gasteiger partial charge in [-0.1, -0.05) is 0 Å². The molecule has 7 nitrogen and oxygen atoms in total. The monoisotopic (exact) mass is 340 g/mol. The number of anilines is 1. The highest BCUT2D eigenvalue weighted by Crippen LogP contribution is 2.36. The Morgan fingerprint density at radius 3 is 2.83 bits per heavy atom. The molecule has 0 radical (unpaired) electrons. The van der Waals surface area contributed by atoms with E-state index < -0.39 is 5.91 Å². The molecule has 2 N–H and O–H groups in total. The predicted molar refractivity (Wildman–Crippen MR) is 91.5 cm³/mol. The molecule has 0 unspecified atom stereocenters. The first kappa shape index (κ1) is 13.9. The van der Waals surface area contributed by atoms with E-state index in [4.69, 9.17) is 15.7 Å². The van der Waals surface area contributed by atoms with Crippen LogP contribution in [0.4, 0.5) is 5.95 Å². The van der Waals surface area contributed by atoms with E-state index in [2.05, 4.69) is 9.88 Å². The lowest BCUT2D eigenvalue weighted by atomic mass is 10.1. The van der Waals surface area contributed by atoms with Gasteiger partial charge in [0.1, 0.15) is 11.2 Å². The third-order valence-corrected chi connectivity index (χ3v) is 5.85. The summed E-state index contributed by atoms with van der Waals surface area (Å²) in [6, 6.07) is 0. The molecule has 122 valence electrons. The van der Waals surface area contributed by atoms with Gasteiger partial charge in [0.15, 0.2) is 5.69 Å². The fourth-order valence-corrected chi connectivity index (χ4v) is 4.45. The molecular formula is C16H16N6OS. The average molecular weight is 340 g/mol. The Hall–Kier alpha value is -2.48. The van der Waals surface area contributed by atoms with Crippen LogP contribution in [-0.2, 0) is 12.8 Å². The number of aryl methyl sites for hydroxylation is 1. The Bertz CT molecular complexity index is 971. The highest BCUT2D eigenvalue weighted by molar-refractivity contribution is 7.21. The summed E-state index contributed by atoms with van der Waals surface area (Å²) in [5, 5.41) is 0. The third-order valence-electron chi connectivity index (χ3n) is 4.74. The van der Waals surface area contributed by atoms with Crippen LogP contribution in [0.15, 0.2) is 12.5 Å². The second-order valence-corrected chi connectivity index (χ2v) is 7.29. The zero-order valence-corrected chi connectivity index (χ0v) is 13.8. The minimum atomic E-state index is -0.500. The molecule has 3 aromatic heterocycles. The first-order valence-electron chi connectivity index (χ1n) is 8.12. The van der Waals surface area contributed by atoms with E-state index in [-0.39, 0.29) is 0 Å². The van der Waals surface area contributed by atoms with Gasteiger partial charge in [-0.2, -0.15) is 0 Å². The number of hydrogen-bond donors (Lipinski definition) is 1. The average Bonchev–Trinajstić information content (AvgIpc) is 3.18. The lowest BCUT2D eigenvalue weighted by Gasteiger charge is -2.31. The summed E-state index contributed by atoms with van der Waals surface area (Å²) in [4.78, 5) is 29.3. The van der Waals surface area contributed by atoms with Crippen LogP contribution < -0.4 is 10.6 Å². The van der Waals surface area contributed by atoms with Crippen LogP contribution in [0, 0.1) is 0 Å². The Labute approximate surface area is 142 Å². The van der Waals surface area contributed by atoms with Crippen molar-refractivity contribution < 1.29 is 4.79 Å². The predicted octanol–water partition coefficient (Wildman–Crippen LogP) is 1.65. The second kappa shape index (κ2) is 5.01. The number of aromatic nitrogens is 4. The quantitative estimate of drug-likeness (QED) is 0.783. The maximum absolute atomic E-state index is 11.5. The SMILES string of the molecule is NC(=O)c1ncn2cc(-c3nc(N4CCC4)nc4c3CCC4)sc12. The van der Waals surface area contributed by atoms with Gasteiger partial charge in [0.05, 0.1) is 10.6 Å². The smallest absolute Gasteiger partial charge is 0.270 e. The molecule has 0 aromatic carbocycles. The summed E-state index contributed by atoms with van der Waals surface area (Å²) in [7, 11) is 0. The molecule has 3 aromatic rings. The molecule has 4 heterocycles. The number of rotatable bonds is 3. The van der Waals surface area contributed by atoms with Crippen LogP contribution >= 0.6 is 11.3 Å². The van der Waals surface area contributed by atoms with E-state index in [0.29, 0.717) is 5.69 Å². The highest BCUT2D eigenvalue weighted by atomic mass is 32.1. The molecule has 1 aliphatic heterocycles. The fraction of sp³-hybridized carbons (Fsp3) is 0.375. The molecule has 0 saturated carbocycles. The van der Waals surface area contributed by atoms with E-state index in [9.17, 15) is 4.79 Å². The number of nitrogens with zero attached hydrogens (tertiary/aromatic N) is 5. The van der Waals surface area contributed by atoms with Crippen molar-refractivity contribution in [3.63, 3.8) is 0 Å².